The van der Waals surface area contributed by atoms with Gasteiger partial charge in [0.05, 0.1) is 17.1 Å². The van der Waals surface area contributed by atoms with Crippen molar-refractivity contribution in [1.29, 1.82) is 0 Å². The highest BCUT2D eigenvalue weighted by Crippen LogP contribution is 2.40. The van der Waals surface area contributed by atoms with Crippen molar-refractivity contribution in [3.05, 3.63) is 52.5 Å². The third-order valence-corrected chi connectivity index (χ3v) is 4.85. The monoisotopic (exact) mass is 433 g/mol. The molecule has 0 unspecified atom stereocenters. The van der Waals surface area contributed by atoms with E-state index in [4.69, 9.17) is 27.9 Å². The molecule has 0 atom stereocenters. The number of hydrogen-bond acceptors (Lipinski definition) is 4. The molecule has 1 N–H and O–H groups in total. The molecule has 0 fully saturated rings. The number of fused-ring (bicyclic) bond motifs is 1. The molecule has 8 heteroatoms. The van der Waals surface area contributed by atoms with Gasteiger partial charge in [-0.3, -0.25) is 4.79 Å². The maximum absolute atomic E-state index is 12.1. The molecule has 1 heterocycles. The first-order valence-electron chi connectivity index (χ1n) is 9.22. The Labute approximate surface area is 178 Å². The third kappa shape index (κ3) is 4.89. The van der Waals surface area contributed by atoms with Crippen LogP contribution in [0.4, 0.5) is 5.69 Å². The molecule has 0 radical (unpaired) electrons. The van der Waals surface area contributed by atoms with Crippen LogP contribution in [0.2, 0.25) is 10.0 Å². The molecule has 2 aromatic carbocycles. The lowest BCUT2D eigenvalue weighted by Crippen LogP contribution is -2.01. The number of azo groups is 1. The van der Waals surface area contributed by atoms with E-state index in [-0.39, 0.29) is 18.3 Å². The molecular formula is C21H21Cl2N3O3. The van der Waals surface area contributed by atoms with E-state index in [9.17, 15) is 9.90 Å². The van der Waals surface area contributed by atoms with Crippen LogP contribution in [0.1, 0.15) is 32.7 Å². The molecule has 1 aromatic heterocycles. The number of rotatable bonds is 7. The van der Waals surface area contributed by atoms with Crippen LogP contribution in [0.15, 0.2) is 52.7 Å². The molecule has 0 aliphatic heterocycles. The van der Waals surface area contributed by atoms with Crippen LogP contribution >= 0.6 is 23.2 Å². The Morgan fingerprint density at radius 2 is 1.97 bits per heavy atom. The first-order valence-corrected chi connectivity index (χ1v) is 9.98. The number of carbonyl (C=O) groups excluding carboxylic acids is 1. The lowest BCUT2D eigenvalue weighted by Gasteiger charge is -2.10. The van der Waals surface area contributed by atoms with Crippen molar-refractivity contribution in [2.75, 3.05) is 6.61 Å². The first kappa shape index (κ1) is 21.1. The van der Waals surface area contributed by atoms with Crippen molar-refractivity contribution in [2.24, 2.45) is 10.2 Å². The fraction of sp³-hybridized carbons (Fsp3) is 0.286. The Morgan fingerprint density at radius 3 is 2.69 bits per heavy atom. The first-order chi connectivity index (χ1) is 13.9. The second-order valence-electron chi connectivity index (χ2n) is 6.77. The van der Waals surface area contributed by atoms with Crippen LogP contribution in [-0.4, -0.2) is 22.2 Å². The largest absolute Gasteiger partial charge is 0.493 e. The van der Waals surface area contributed by atoms with Gasteiger partial charge in [0, 0.05) is 22.9 Å². The highest BCUT2D eigenvalue weighted by molar-refractivity contribution is 6.35. The second kappa shape index (κ2) is 9.29. The maximum atomic E-state index is 12.1. The van der Waals surface area contributed by atoms with Crippen LogP contribution in [0.25, 0.3) is 10.9 Å². The normalized spacial score (nSPS) is 11.6. The van der Waals surface area contributed by atoms with Crippen molar-refractivity contribution >= 4 is 45.7 Å². The molecule has 0 aliphatic carbocycles. The Hall–Kier alpha value is -2.57. The summed E-state index contributed by atoms with van der Waals surface area (Å²) in [4.78, 5) is 12.1. The van der Waals surface area contributed by atoms with Crippen LogP contribution in [0.5, 0.6) is 11.6 Å². The minimum Gasteiger partial charge on any atom is -0.493 e. The number of halogens is 2. The van der Waals surface area contributed by atoms with Crippen LogP contribution < -0.4 is 4.74 Å². The van der Waals surface area contributed by atoms with Crippen LogP contribution in [0, 0.1) is 0 Å². The standard InChI is InChI=1S/C21H21Cl2N3O3/c1-13(2)26-17-7-4-3-6-15(17)20(21(26)28)25-24-19(27)8-5-11-29-18-10-9-14(22)12-16(18)23/h3-4,6-7,9-10,12-13,28H,5,8,11H2,1-2H3. The number of aromatic hydroxyl groups is 1. The van der Waals surface area contributed by atoms with E-state index in [1.165, 1.54) is 0 Å². The second-order valence-corrected chi connectivity index (χ2v) is 7.62. The number of aromatic nitrogens is 1. The highest BCUT2D eigenvalue weighted by atomic mass is 35.5. The maximum Gasteiger partial charge on any atom is 0.264 e. The van der Waals surface area contributed by atoms with Crippen molar-refractivity contribution in [1.82, 2.24) is 4.57 Å². The topological polar surface area (TPSA) is 76.2 Å². The van der Waals surface area contributed by atoms with Gasteiger partial charge >= 0.3 is 0 Å². The van der Waals surface area contributed by atoms with Crippen LogP contribution in [-0.2, 0) is 4.79 Å². The van der Waals surface area contributed by atoms with E-state index in [0.717, 1.165) is 10.9 Å². The summed E-state index contributed by atoms with van der Waals surface area (Å²) in [5.74, 6) is 0.117. The number of nitrogens with zero attached hydrogens (tertiary/aromatic N) is 3. The predicted octanol–water partition coefficient (Wildman–Crippen LogP) is 6.70. The van der Waals surface area contributed by atoms with Crippen LogP contribution in [0.3, 0.4) is 0 Å². The van der Waals surface area contributed by atoms with Gasteiger partial charge in [0.1, 0.15) is 5.75 Å². The molecule has 0 aliphatic rings. The molecular weight excluding hydrogens is 413 g/mol. The van der Waals surface area contributed by atoms with Gasteiger partial charge in [0.15, 0.2) is 5.69 Å². The quantitative estimate of drug-likeness (QED) is 0.332. The summed E-state index contributed by atoms with van der Waals surface area (Å²) >= 11 is 11.9. The number of carbonyl (C=O) groups is 1. The highest BCUT2D eigenvalue weighted by Gasteiger charge is 2.18. The van der Waals surface area contributed by atoms with Gasteiger partial charge in [-0.2, -0.15) is 0 Å². The molecule has 6 nitrogen and oxygen atoms in total. The summed E-state index contributed by atoms with van der Waals surface area (Å²) in [5.41, 5.74) is 1.14. The summed E-state index contributed by atoms with van der Waals surface area (Å²) in [7, 11) is 0. The van der Waals surface area contributed by atoms with E-state index in [1.54, 1.807) is 22.8 Å². The Kier molecular flexibility index (Phi) is 6.77. The smallest absolute Gasteiger partial charge is 0.264 e. The van der Waals surface area contributed by atoms with E-state index in [1.807, 2.05) is 38.1 Å². The fourth-order valence-corrected chi connectivity index (χ4v) is 3.47. The minimum absolute atomic E-state index is 0.00142. The molecule has 0 spiro atoms. The molecule has 0 saturated carbocycles. The summed E-state index contributed by atoms with van der Waals surface area (Å²) in [6, 6.07) is 12.5. The van der Waals surface area contributed by atoms with E-state index in [0.29, 0.717) is 34.5 Å². The average molecular weight is 434 g/mol. The molecule has 3 rings (SSSR count). The zero-order chi connectivity index (χ0) is 21.0. The van der Waals surface area contributed by atoms with Gasteiger partial charge in [-0.05, 0) is 44.5 Å². The van der Waals surface area contributed by atoms with Crippen molar-refractivity contribution in [3.8, 4) is 11.6 Å². The van der Waals surface area contributed by atoms with E-state index < -0.39 is 5.91 Å². The zero-order valence-electron chi connectivity index (χ0n) is 16.1. The number of amides is 1. The van der Waals surface area contributed by atoms with Gasteiger partial charge < -0.3 is 14.4 Å². The Morgan fingerprint density at radius 1 is 1.21 bits per heavy atom. The number of para-hydroxylation sites is 1. The molecule has 3 aromatic rings. The van der Waals surface area contributed by atoms with Gasteiger partial charge in [0.2, 0.25) is 5.88 Å². The third-order valence-electron chi connectivity index (χ3n) is 4.32. The van der Waals surface area contributed by atoms with Gasteiger partial charge in [-0.1, -0.05) is 41.4 Å². The molecule has 1 amide bonds. The minimum atomic E-state index is -0.392. The SMILES string of the molecule is CC(C)n1c(O)c(N=NC(=O)CCCOc2ccc(Cl)cc2Cl)c2ccccc21. The van der Waals surface area contributed by atoms with Gasteiger partial charge in [0.25, 0.3) is 5.91 Å². The Balaban J connectivity index is 1.62. The Bertz CT molecular complexity index is 1060. The number of ether oxygens (including phenoxy) is 1. The molecule has 0 bridgehead atoms. The number of benzene rings is 2. The zero-order valence-corrected chi connectivity index (χ0v) is 17.6. The predicted molar refractivity (Wildman–Crippen MR) is 115 cm³/mol. The molecule has 29 heavy (non-hydrogen) atoms. The average Bonchev–Trinajstić information content (AvgIpc) is 2.96. The number of hydrogen-bond donors (Lipinski definition) is 1. The van der Waals surface area contributed by atoms with Gasteiger partial charge in [-0.25, -0.2) is 0 Å². The molecule has 0 saturated heterocycles. The van der Waals surface area contributed by atoms with Crippen molar-refractivity contribution in [3.63, 3.8) is 0 Å². The molecule has 152 valence electrons. The van der Waals surface area contributed by atoms with E-state index in [2.05, 4.69) is 10.2 Å². The van der Waals surface area contributed by atoms with Crippen molar-refractivity contribution in [2.45, 2.75) is 32.7 Å². The summed E-state index contributed by atoms with van der Waals surface area (Å²) < 4.78 is 7.31. The fourth-order valence-electron chi connectivity index (χ4n) is 3.01. The van der Waals surface area contributed by atoms with Crippen molar-refractivity contribution < 1.29 is 14.6 Å². The van der Waals surface area contributed by atoms with Gasteiger partial charge in [-0.15, -0.1) is 10.2 Å². The summed E-state index contributed by atoms with van der Waals surface area (Å²) in [5, 5.41) is 20.0. The summed E-state index contributed by atoms with van der Waals surface area (Å²) in [6.07, 6.45) is 0.620. The lowest BCUT2D eigenvalue weighted by atomic mass is 10.2. The lowest BCUT2D eigenvalue weighted by molar-refractivity contribution is -0.118. The summed E-state index contributed by atoms with van der Waals surface area (Å²) in [6.45, 7) is 4.23. The van der Waals surface area contributed by atoms with E-state index >= 15 is 0 Å².